The molecule has 0 saturated carbocycles. The van der Waals surface area contributed by atoms with Crippen LogP contribution in [0.5, 0.6) is 0 Å². The highest BCUT2D eigenvalue weighted by Crippen LogP contribution is 2.38. The summed E-state index contributed by atoms with van der Waals surface area (Å²) in [5, 5.41) is 0.775. The molecule has 2 atom stereocenters. The highest BCUT2D eigenvalue weighted by Gasteiger charge is 2.26. The molecule has 0 saturated heterocycles. The van der Waals surface area contributed by atoms with Crippen LogP contribution in [-0.4, -0.2) is 9.97 Å². The number of benzene rings is 1. The topological polar surface area (TPSA) is 64.9 Å². The molecule has 0 aliphatic carbocycles. The Morgan fingerprint density at radius 1 is 1.27 bits per heavy atom. The van der Waals surface area contributed by atoms with Crippen LogP contribution in [0.2, 0.25) is 0 Å². The third kappa shape index (κ3) is 2.43. The van der Waals surface area contributed by atoms with Gasteiger partial charge in [0.05, 0.1) is 0 Å². The summed E-state index contributed by atoms with van der Waals surface area (Å²) in [7, 11) is 0. The average molecular weight is 298 g/mol. The van der Waals surface area contributed by atoms with Crippen molar-refractivity contribution < 1.29 is 8.81 Å². The number of furan rings is 1. The third-order valence-corrected chi connectivity index (χ3v) is 3.84. The first-order valence-electron chi connectivity index (χ1n) is 7.06. The molecular weight excluding hydrogens is 281 g/mol. The molecule has 0 amide bonds. The molecule has 1 unspecified atom stereocenters. The van der Waals surface area contributed by atoms with E-state index in [0.717, 1.165) is 22.3 Å². The number of aromatic nitrogens is 2. The lowest BCUT2D eigenvalue weighted by Crippen LogP contribution is -2.10. The number of nitrogen functional groups attached to an aromatic ring is 1. The summed E-state index contributed by atoms with van der Waals surface area (Å²) >= 11 is 0. The quantitative estimate of drug-likeness (QED) is 0.797. The van der Waals surface area contributed by atoms with E-state index in [1.165, 1.54) is 12.1 Å². The van der Waals surface area contributed by atoms with Crippen LogP contribution in [-0.2, 0) is 0 Å². The summed E-state index contributed by atoms with van der Waals surface area (Å²) < 4.78 is 19.4. The minimum Gasteiger partial charge on any atom is -0.460 e. The lowest BCUT2D eigenvalue weighted by molar-refractivity contribution is 0.467. The summed E-state index contributed by atoms with van der Waals surface area (Å²) in [6, 6.07) is 4.53. The fourth-order valence-corrected chi connectivity index (χ4v) is 2.76. The highest BCUT2D eigenvalue weighted by atomic mass is 19.1. The summed E-state index contributed by atoms with van der Waals surface area (Å²) in [6.45, 7) is 8.04. The van der Waals surface area contributed by atoms with Gasteiger partial charge in [0.2, 0.25) is 5.95 Å². The maximum absolute atomic E-state index is 13.5. The van der Waals surface area contributed by atoms with E-state index in [1.807, 2.05) is 13.8 Å². The zero-order valence-electron chi connectivity index (χ0n) is 12.5. The molecule has 1 aromatic carbocycles. The van der Waals surface area contributed by atoms with Crippen molar-refractivity contribution >= 4 is 16.9 Å². The van der Waals surface area contributed by atoms with E-state index in [1.54, 1.807) is 18.5 Å². The lowest BCUT2D eigenvalue weighted by Gasteiger charge is -2.19. The average Bonchev–Trinajstić information content (AvgIpc) is 2.78. The van der Waals surface area contributed by atoms with Crippen LogP contribution in [0.4, 0.5) is 10.3 Å². The maximum Gasteiger partial charge on any atom is 0.219 e. The normalized spacial score (nSPS) is 13.0. The Morgan fingerprint density at radius 2 is 1.95 bits per heavy atom. The van der Waals surface area contributed by atoms with Crippen molar-refractivity contribution in [3.63, 3.8) is 0 Å². The number of fused-ring (bicyclic) bond motifs is 1. The Bertz CT molecular complexity index is 809. The standard InChI is InChI=1S/C17H17FN3O/c1-9(2)15(11-7-20-17(19)21-8-11)16-10(3)13-6-12(18)4-5-14(13)22-16/h4-9,15H,1H2,2-3H3,(H2,19,20,21)/t9?,15-/m0/s1. The van der Waals surface area contributed by atoms with E-state index < -0.39 is 0 Å². The van der Waals surface area contributed by atoms with E-state index in [-0.39, 0.29) is 23.6 Å². The molecule has 2 aromatic heterocycles. The Balaban J connectivity index is 2.16. The second-order valence-corrected chi connectivity index (χ2v) is 5.56. The molecule has 0 fully saturated rings. The van der Waals surface area contributed by atoms with Gasteiger partial charge in [-0.2, -0.15) is 0 Å². The number of nitrogens with two attached hydrogens (primary N) is 1. The Kier molecular flexibility index (Phi) is 3.56. The number of nitrogens with zero attached hydrogens (tertiary/aromatic N) is 2. The molecule has 2 N–H and O–H groups in total. The minimum absolute atomic E-state index is 0.0244. The maximum atomic E-state index is 13.5. The number of halogens is 1. The predicted octanol–water partition coefficient (Wildman–Crippen LogP) is 3.85. The fraction of sp³-hybridized carbons (Fsp3) is 0.235. The SMILES string of the molecule is [CH2]C(C)[C@@H](c1cnc(N)nc1)c1oc2ccc(F)cc2c1C. The van der Waals surface area contributed by atoms with Crippen LogP contribution >= 0.6 is 0 Å². The van der Waals surface area contributed by atoms with Gasteiger partial charge >= 0.3 is 0 Å². The number of rotatable bonds is 3. The van der Waals surface area contributed by atoms with Crippen molar-refractivity contribution in [1.29, 1.82) is 0 Å². The Morgan fingerprint density at radius 3 is 2.59 bits per heavy atom. The van der Waals surface area contributed by atoms with Crippen molar-refractivity contribution in [3.8, 4) is 0 Å². The first kappa shape index (κ1) is 14.5. The van der Waals surface area contributed by atoms with Crippen molar-refractivity contribution in [3.05, 3.63) is 60.2 Å². The van der Waals surface area contributed by atoms with E-state index in [0.29, 0.717) is 5.58 Å². The van der Waals surface area contributed by atoms with Crippen LogP contribution < -0.4 is 5.73 Å². The van der Waals surface area contributed by atoms with E-state index in [4.69, 9.17) is 10.2 Å². The molecule has 0 aliphatic heterocycles. The van der Waals surface area contributed by atoms with E-state index in [2.05, 4.69) is 16.9 Å². The van der Waals surface area contributed by atoms with Crippen molar-refractivity contribution in [2.45, 2.75) is 19.8 Å². The van der Waals surface area contributed by atoms with Crippen LogP contribution in [0.25, 0.3) is 11.0 Å². The highest BCUT2D eigenvalue weighted by molar-refractivity contribution is 5.82. The van der Waals surface area contributed by atoms with E-state index in [9.17, 15) is 4.39 Å². The van der Waals surface area contributed by atoms with Gasteiger partial charge in [-0.1, -0.05) is 6.92 Å². The first-order chi connectivity index (χ1) is 10.5. The third-order valence-electron chi connectivity index (χ3n) is 3.84. The van der Waals surface area contributed by atoms with Gasteiger partial charge in [0.25, 0.3) is 0 Å². The summed E-state index contributed by atoms with van der Waals surface area (Å²) in [4.78, 5) is 8.09. The number of hydrogen-bond donors (Lipinski definition) is 1. The minimum atomic E-state index is -0.280. The zero-order chi connectivity index (χ0) is 15.9. The molecule has 22 heavy (non-hydrogen) atoms. The molecule has 3 aromatic rings. The molecule has 5 heteroatoms. The lowest BCUT2D eigenvalue weighted by atomic mass is 9.86. The fourth-order valence-electron chi connectivity index (χ4n) is 2.76. The van der Waals surface area contributed by atoms with Gasteiger partial charge in [0, 0.05) is 23.7 Å². The molecule has 4 nitrogen and oxygen atoms in total. The van der Waals surface area contributed by atoms with Gasteiger partial charge in [-0.3, -0.25) is 0 Å². The first-order valence-corrected chi connectivity index (χ1v) is 7.06. The molecule has 2 heterocycles. The van der Waals surface area contributed by atoms with Gasteiger partial charge in [0.1, 0.15) is 17.2 Å². The van der Waals surface area contributed by atoms with Gasteiger partial charge in [-0.15, -0.1) is 0 Å². The van der Waals surface area contributed by atoms with Gasteiger partial charge in [-0.05, 0) is 49.1 Å². The molecule has 0 bridgehead atoms. The zero-order valence-corrected chi connectivity index (χ0v) is 12.5. The number of anilines is 1. The summed E-state index contributed by atoms with van der Waals surface area (Å²) in [5.74, 6) is 0.615. The van der Waals surface area contributed by atoms with Crippen LogP contribution in [0, 0.1) is 25.6 Å². The van der Waals surface area contributed by atoms with Crippen molar-refractivity contribution in [2.75, 3.05) is 5.73 Å². The van der Waals surface area contributed by atoms with E-state index >= 15 is 0 Å². The molecule has 113 valence electrons. The Labute approximate surface area is 128 Å². The second-order valence-electron chi connectivity index (χ2n) is 5.56. The molecule has 0 spiro atoms. The van der Waals surface area contributed by atoms with Crippen LogP contribution in [0.1, 0.15) is 29.7 Å². The molecular formula is C17H17FN3O. The van der Waals surface area contributed by atoms with Crippen LogP contribution in [0.15, 0.2) is 35.0 Å². The largest absolute Gasteiger partial charge is 0.460 e. The van der Waals surface area contributed by atoms with Gasteiger partial charge in [0.15, 0.2) is 0 Å². The van der Waals surface area contributed by atoms with Crippen LogP contribution in [0.3, 0.4) is 0 Å². The number of aryl methyl sites for hydroxylation is 1. The monoisotopic (exact) mass is 298 g/mol. The van der Waals surface area contributed by atoms with Gasteiger partial charge in [-0.25, -0.2) is 14.4 Å². The summed E-state index contributed by atoms with van der Waals surface area (Å²) in [5.41, 5.74) is 7.99. The van der Waals surface area contributed by atoms with Gasteiger partial charge < -0.3 is 10.2 Å². The molecule has 0 aliphatic rings. The predicted molar refractivity (Wildman–Crippen MR) is 83.7 cm³/mol. The smallest absolute Gasteiger partial charge is 0.219 e. The van der Waals surface area contributed by atoms with Crippen molar-refractivity contribution in [1.82, 2.24) is 9.97 Å². The number of hydrogen-bond acceptors (Lipinski definition) is 4. The van der Waals surface area contributed by atoms with Crippen molar-refractivity contribution in [2.24, 2.45) is 5.92 Å². The second kappa shape index (κ2) is 5.40. The molecule has 3 rings (SSSR count). The Hall–Kier alpha value is -2.43. The summed E-state index contributed by atoms with van der Waals surface area (Å²) in [6.07, 6.45) is 3.36. The molecule has 1 radical (unpaired) electrons.